The molecule has 0 unspecified atom stereocenters. The van der Waals surface area contributed by atoms with Gasteiger partial charge in [-0.15, -0.1) is 0 Å². The lowest BCUT2D eigenvalue weighted by Crippen LogP contribution is -2.24. The van der Waals surface area contributed by atoms with Crippen molar-refractivity contribution in [1.82, 2.24) is 9.55 Å². The lowest BCUT2D eigenvalue weighted by atomic mass is 9.96. The van der Waals surface area contributed by atoms with E-state index in [1.807, 2.05) is 0 Å². The Bertz CT molecular complexity index is 384. The second-order valence-electron chi connectivity index (χ2n) is 6.03. The third kappa shape index (κ3) is 2.55. The zero-order valence-electron chi connectivity index (χ0n) is 11.5. The quantitative estimate of drug-likeness (QED) is 0.873. The Morgan fingerprint density at radius 3 is 2.44 bits per heavy atom. The monoisotopic (exact) mass is 247 g/mol. The first kappa shape index (κ1) is 12.1. The minimum absolute atomic E-state index is 0.653. The second-order valence-corrected chi connectivity index (χ2v) is 6.03. The van der Waals surface area contributed by atoms with Gasteiger partial charge in [0.15, 0.2) is 0 Å². The van der Waals surface area contributed by atoms with E-state index in [0.717, 1.165) is 11.6 Å². The molecule has 0 radical (unpaired) electrons. The maximum Gasteiger partial charge on any atom is 0.203 e. The topological polar surface area (TPSA) is 29.9 Å². The number of hydrogen-bond donors (Lipinski definition) is 1. The van der Waals surface area contributed by atoms with Gasteiger partial charge in [0.05, 0.1) is 5.69 Å². The molecule has 3 rings (SSSR count). The van der Waals surface area contributed by atoms with Crippen molar-refractivity contribution in [2.75, 3.05) is 5.32 Å². The molecule has 2 saturated carbocycles. The van der Waals surface area contributed by atoms with Crippen LogP contribution in [0.2, 0.25) is 0 Å². The third-order valence-corrected chi connectivity index (χ3v) is 4.51. The van der Waals surface area contributed by atoms with Crippen molar-refractivity contribution in [3.05, 3.63) is 11.9 Å². The van der Waals surface area contributed by atoms with Gasteiger partial charge in [-0.1, -0.05) is 32.1 Å². The molecule has 1 heterocycles. The zero-order chi connectivity index (χ0) is 12.4. The van der Waals surface area contributed by atoms with Crippen LogP contribution in [0.25, 0.3) is 0 Å². The van der Waals surface area contributed by atoms with Crippen molar-refractivity contribution in [2.45, 2.75) is 76.8 Å². The van der Waals surface area contributed by atoms with Crippen LogP contribution in [0, 0.1) is 6.92 Å². The van der Waals surface area contributed by atoms with Gasteiger partial charge in [0.25, 0.3) is 0 Å². The van der Waals surface area contributed by atoms with Crippen molar-refractivity contribution in [1.29, 1.82) is 0 Å². The number of nitrogens with zero attached hydrogens (tertiary/aromatic N) is 2. The first-order chi connectivity index (χ1) is 8.83. The van der Waals surface area contributed by atoms with Crippen molar-refractivity contribution < 1.29 is 0 Å². The standard InChI is InChI=1S/C15H25N3/c1-12-11-18(14-9-5-6-10-14)15(16-12)17-13-7-3-2-4-8-13/h11,13-14H,2-10H2,1H3,(H,16,17). The molecule has 0 aliphatic heterocycles. The smallest absolute Gasteiger partial charge is 0.203 e. The summed E-state index contributed by atoms with van der Waals surface area (Å²) in [5.41, 5.74) is 1.15. The van der Waals surface area contributed by atoms with Crippen molar-refractivity contribution >= 4 is 5.95 Å². The maximum absolute atomic E-state index is 4.70. The van der Waals surface area contributed by atoms with E-state index >= 15 is 0 Å². The van der Waals surface area contributed by atoms with E-state index in [9.17, 15) is 0 Å². The molecule has 0 atom stereocenters. The van der Waals surface area contributed by atoms with Crippen LogP contribution in [-0.4, -0.2) is 15.6 Å². The van der Waals surface area contributed by atoms with Crippen molar-refractivity contribution in [3.8, 4) is 0 Å². The molecule has 1 N–H and O–H groups in total. The minimum atomic E-state index is 0.653. The number of hydrogen-bond acceptors (Lipinski definition) is 2. The predicted octanol–water partition coefficient (Wildman–Crippen LogP) is 4.05. The summed E-state index contributed by atoms with van der Waals surface area (Å²) in [6, 6.07) is 1.35. The Balaban J connectivity index is 1.73. The molecule has 100 valence electrons. The number of aryl methyl sites for hydroxylation is 1. The lowest BCUT2D eigenvalue weighted by Gasteiger charge is -2.25. The highest BCUT2D eigenvalue weighted by Crippen LogP contribution is 2.32. The van der Waals surface area contributed by atoms with Crippen LogP contribution in [0.3, 0.4) is 0 Å². The van der Waals surface area contributed by atoms with E-state index < -0.39 is 0 Å². The molecule has 2 aliphatic rings. The predicted molar refractivity (Wildman–Crippen MR) is 75.0 cm³/mol. The molecule has 1 aromatic heterocycles. The summed E-state index contributed by atoms with van der Waals surface area (Å²) >= 11 is 0. The summed E-state index contributed by atoms with van der Waals surface area (Å²) in [6.07, 6.45) is 14.4. The maximum atomic E-state index is 4.70. The molecular weight excluding hydrogens is 222 g/mol. The van der Waals surface area contributed by atoms with E-state index in [1.165, 1.54) is 57.8 Å². The van der Waals surface area contributed by atoms with Crippen LogP contribution >= 0.6 is 0 Å². The SMILES string of the molecule is Cc1cn(C2CCCC2)c(NC2CCCCC2)n1. The van der Waals surface area contributed by atoms with Crippen LogP contribution in [0.15, 0.2) is 6.20 Å². The van der Waals surface area contributed by atoms with Gasteiger partial charge in [-0.3, -0.25) is 0 Å². The number of rotatable bonds is 3. The zero-order valence-corrected chi connectivity index (χ0v) is 11.5. The highest BCUT2D eigenvalue weighted by molar-refractivity contribution is 5.31. The Labute approximate surface area is 110 Å². The van der Waals surface area contributed by atoms with Gasteiger partial charge in [-0.25, -0.2) is 4.98 Å². The first-order valence-electron chi connectivity index (χ1n) is 7.65. The molecule has 3 nitrogen and oxygen atoms in total. The minimum Gasteiger partial charge on any atom is -0.353 e. The normalized spacial score (nSPS) is 22.5. The molecule has 0 bridgehead atoms. The molecule has 2 fully saturated rings. The second kappa shape index (κ2) is 5.33. The molecular formula is C15H25N3. The molecule has 1 aromatic rings. The average molecular weight is 247 g/mol. The van der Waals surface area contributed by atoms with Gasteiger partial charge in [-0.05, 0) is 32.6 Å². The van der Waals surface area contributed by atoms with Crippen LogP contribution in [0.1, 0.15) is 69.5 Å². The van der Waals surface area contributed by atoms with Gasteiger partial charge in [0.2, 0.25) is 5.95 Å². The summed E-state index contributed by atoms with van der Waals surface area (Å²) in [4.78, 5) is 4.70. The number of anilines is 1. The van der Waals surface area contributed by atoms with E-state index in [2.05, 4.69) is 23.0 Å². The molecule has 0 amide bonds. The summed E-state index contributed by atoms with van der Waals surface area (Å²) in [7, 11) is 0. The third-order valence-electron chi connectivity index (χ3n) is 4.51. The number of nitrogens with one attached hydrogen (secondary N) is 1. The Kier molecular flexibility index (Phi) is 3.57. The molecule has 18 heavy (non-hydrogen) atoms. The lowest BCUT2D eigenvalue weighted by molar-refractivity contribution is 0.453. The number of aromatic nitrogens is 2. The first-order valence-corrected chi connectivity index (χ1v) is 7.65. The largest absolute Gasteiger partial charge is 0.353 e. The molecule has 0 aromatic carbocycles. The van der Waals surface area contributed by atoms with Crippen molar-refractivity contribution in [2.24, 2.45) is 0 Å². The highest BCUT2D eigenvalue weighted by atomic mass is 15.2. The Hall–Kier alpha value is -0.990. The van der Waals surface area contributed by atoms with Gasteiger partial charge < -0.3 is 9.88 Å². The van der Waals surface area contributed by atoms with Gasteiger partial charge in [0.1, 0.15) is 0 Å². The summed E-state index contributed by atoms with van der Waals surface area (Å²) < 4.78 is 2.41. The Morgan fingerprint density at radius 1 is 1.06 bits per heavy atom. The molecule has 0 saturated heterocycles. The van der Waals surface area contributed by atoms with E-state index in [4.69, 9.17) is 4.98 Å². The molecule has 2 aliphatic carbocycles. The highest BCUT2D eigenvalue weighted by Gasteiger charge is 2.22. The van der Waals surface area contributed by atoms with E-state index in [0.29, 0.717) is 12.1 Å². The van der Waals surface area contributed by atoms with Crippen LogP contribution < -0.4 is 5.32 Å². The van der Waals surface area contributed by atoms with Crippen LogP contribution in [0.5, 0.6) is 0 Å². The van der Waals surface area contributed by atoms with Gasteiger partial charge in [-0.2, -0.15) is 0 Å². The fourth-order valence-electron chi connectivity index (χ4n) is 3.51. The summed E-state index contributed by atoms with van der Waals surface area (Å²) in [5.74, 6) is 1.13. The van der Waals surface area contributed by atoms with Crippen LogP contribution in [-0.2, 0) is 0 Å². The van der Waals surface area contributed by atoms with E-state index in [-0.39, 0.29) is 0 Å². The Morgan fingerprint density at radius 2 is 1.72 bits per heavy atom. The molecule has 0 spiro atoms. The fraction of sp³-hybridized carbons (Fsp3) is 0.800. The van der Waals surface area contributed by atoms with Crippen LogP contribution in [0.4, 0.5) is 5.95 Å². The fourth-order valence-corrected chi connectivity index (χ4v) is 3.51. The summed E-state index contributed by atoms with van der Waals surface area (Å²) in [5, 5.41) is 3.70. The van der Waals surface area contributed by atoms with Crippen molar-refractivity contribution in [3.63, 3.8) is 0 Å². The average Bonchev–Trinajstić information content (AvgIpc) is 3.00. The molecule has 3 heteroatoms. The van der Waals surface area contributed by atoms with Gasteiger partial charge in [0, 0.05) is 18.3 Å². The number of imidazole rings is 1. The van der Waals surface area contributed by atoms with Gasteiger partial charge >= 0.3 is 0 Å². The van der Waals surface area contributed by atoms with E-state index in [1.54, 1.807) is 0 Å². The summed E-state index contributed by atoms with van der Waals surface area (Å²) in [6.45, 7) is 2.11.